The smallest absolute Gasteiger partial charge is 0.273 e. The molecule has 0 radical (unpaired) electrons. The van der Waals surface area contributed by atoms with E-state index in [2.05, 4.69) is 15.2 Å². The van der Waals surface area contributed by atoms with E-state index >= 15 is 0 Å². The van der Waals surface area contributed by atoms with Crippen LogP contribution in [0.3, 0.4) is 0 Å². The summed E-state index contributed by atoms with van der Waals surface area (Å²) in [6.07, 6.45) is 0. The van der Waals surface area contributed by atoms with Crippen molar-refractivity contribution in [3.05, 3.63) is 40.9 Å². The van der Waals surface area contributed by atoms with Crippen LogP contribution in [0.1, 0.15) is 23.0 Å². The molecule has 7 heteroatoms. The first-order chi connectivity index (χ1) is 12.6. The van der Waals surface area contributed by atoms with Gasteiger partial charge in [-0.15, -0.1) is 11.3 Å². The number of aromatic nitrogens is 1. The second kappa shape index (κ2) is 8.42. The number of likely N-dealkylation sites (N-methyl/N-ethyl adjacent to an activating group) is 1. The Balaban J connectivity index is 1.57. The highest BCUT2D eigenvalue weighted by Gasteiger charge is 2.24. The third-order valence-corrected chi connectivity index (χ3v) is 5.31. The van der Waals surface area contributed by atoms with Crippen molar-refractivity contribution < 1.29 is 9.59 Å². The molecule has 0 aliphatic carbocycles. The van der Waals surface area contributed by atoms with E-state index in [9.17, 15) is 9.59 Å². The van der Waals surface area contributed by atoms with Crippen LogP contribution in [-0.4, -0.2) is 65.9 Å². The first kappa shape index (κ1) is 18.5. The largest absolute Gasteiger partial charge is 0.355 e. The predicted octanol–water partition coefficient (Wildman–Crippen LogP) is 2.01. The Kier molecular flexibility index (Phi) is 6.00. The number of benzene rings is 1. The minimum Gasteiger partial charge on any atom is -0.355 e. The molecule has 1 N–H and O–H groups in total. The SMILES string of the molecule is CCNC(=O)CN1CCN(C(=O)c2csc(-c3ccc(C)cc3)n2)CC1. The van der Waals surface area contributed by atoms with Gasteiger partial charge in [-0.2, -0.15) is 0 Å². The van der Waals surface area contributed by atoms with E-state index in [0.29, 0.717) is 45.0 Å². The highest BCUT2D eigenvalue weighted by molar-refractivity contribution is 7.13. The molecule has 0 spiro atoms. The molecular formula is C19H24N4O2S. The van der Waals surface area contributed by atoms with E-state index < -0.39 is 0 Å². The summed E-state index contributed by atoms with van der Waals surface area (Å²) in [4.78, 5) is 32.8. The lowest BCUT2D eigenvalue weighted by Gasteiger charge is -2.33. The van der Waals surface area contributed by atoms with Crippen LogP contribution in [-0.2, 0) is 4.79 Å². The number of carbonyl (C=O) groups is 2. The fraction of sp³-hybridized carbons (Fsp3) is 0.421. The van der Waals surface area contributed by atoms with Gasteiger partial charge in [-0.05, 0) is 13.8 Å². The van der Waals surface area contributed by atoms with Gasteiger partial charge in [-0.3, -0.25) is 14.5 Å². The highest BCUT2D eigenvalue weighted by Crippen LogP contribution is 2.24. The number of nitrogens with one attached hydrogen (secondary N) is 1. The molecule has 0 bridgehead atoms. The molecule has 1 saturated heterocycles. The topological polar surface area (TPSA) is 65.5 Å². The highest BCUT2D eigenvalue weighted by atomic mass is 32.1. The average molecular weight is 372 g/mol. The summed E-state index contributed by atoms with van der Waals surface area (Å²) in [5, 5.41) is 5.50. The first-order valence-electron chi connectivity index (χ1n) is 8.87. The fourth-order valence-corrected chi connectivity index (χ4v) is 3.73. The summed E-state index contributed by atoms with van der Waals surface area (Å²) in [7, 11) is 0. The first-order valence-corrected chi connectivity index (χ1v) is 9.75. The van der Waals surface area contributed by atoms with Gasteiger partial charge in [0.05, 0.1) is 6.54 Å². The lowest BCUT2D eigenvalue weighted by Crippen LogP contribution is -2.51. The van der Waals surface area contributed by atoms with Crippen molar-refractivity contribution in [2.45, 2.75) is 13.8 Å². The average Bonchev–Trinajstić information content (AvgIpc) is 3.12. The van der Waals surface area contributed by atoms with Crippen molar-refractivity contribution in [3.8, 4) is 10.6 Å². The van der Waals surface area contributed by atoms with E-state index in [0.717, 1.165) is 10.6 Å². The van der Waals surface area contributed by atoms with Gasteiger partial charge in [0, 0.05) is 43.7 Å². The number of aryl methyl sites for hydroxylation is 1. The Labute approximate surface area is 157 Å². The second-order valence-corrected chi connectivity index (χ2v) is 7.28. The van der Waals surface area contributed by atoms with Crippen molar-refractivity contribution in [2.24, 2.45) is 0 Å². The summed E-state index contributed by atoms with van der Waals surface area (Å²) >= 11 is 1.49. The number of piperazine rings is 1. The van der Waals surface area contributed by atoms with Crippen LogP contribution in [0, 0.1) is 6.92 Å². The summed E-state index contributed by atoms with van der Waals surface area (Å²) in [6, 6.07) is 8.16. The maximum atomic E-state index is 12.7. The van der Waals surface area contributed by atoms with Gasteiger partial charge >= 0.3 is 0 Å². The predicted molar refractivity (Wildman–Crippen MR) is 103 cm³/mol. The molecule has 1 aromatic heterocycles. The van der Waals surface area contributed by atoms with E-state index in [1.165, 1.54) is 16.9 Å². The molecule has 0 unspecified atom stereocenters. The maximum Gasteiger partial charge on any atom is 0.273 e. The lowest BCUT2D eigenvalue weighted by atomic mass is 10.2. The third kappa shape index (κ3) is 4.47. The fourth-order valence-electron chi connectivity index (χ4n) is 2.93. The number of nitrogens with zero attached hydrogens (tertiary/aromatic N) is 3. The van der Waals surface area contributed by atoms with Crippen LogP contribution >= 0.6 is 11.3 Å². The van der Waals surface area contributed by atoms with Crippen molar-refractivity contribution >= 4 is 23.2 Å². The van der Waals surface area contributed by atoms with Crippen LogP contribution in [0.15, 0.2) is 29.6 Å². The van der Waals surface area contributed by atoms with Crippen molar-refractivity contribution in [3.63, 3.8) is 0 Å². The molecule has 1 aliphatic rings. The molecule has 26 heavy (non-hydrogen) atoms. The van der Waals surface area contributed by atoms with Gasteiger partial charge in [0.1, 0.15) is 10.7 Å². The Bertz CT molecular complexity index is 764. The second-order valence-electron chi connectivity index (χ2n) is 6.43. The van der Waals surface area contributed by atoms with E-state index in [1.54, 1.807) is 0 Å². The summed E-state index contributed by atoms with van der Waals surface area (Å²) in [5.41, 5.74) is 2.74. The molecule has 2 heterocycles. The number of amides is 2. The monoisotopic (exact) mass is 372 g/mol. The molecule has 2 amide bonds. The lowest BCUT2D eigenvalue weighted by molar-refractivity contribution is -0.122. The minimum atomic E-state index is -0.0303. The Morgan fingerprint density at radius 3 is 2.50 bits per heavy atom. The summed E-state index contributed by atoms with van der Waals surface area (Å²) in [6.45, 7) is 7.65. The number of hydrogen-bond acceptors (Lipinski definition) is 5. The summed E-state index contributed by atoms with van der Waals surface area (Å²) < 4.78 is 0. The number of carbonyl (C=O) groups excluding carboxylic acids is 2. The van der Waals surface area contributed by atoms with Gasteiger partial charge in [-0.25, -0.2) is 4.98 Å². The van der Waals surface area contributed by atoms with Crippen LogP contribution in [0.2, 0.25) is 0 Å². The number of thiazole rings is 1. The molecular weight excluding hydrogens is 348 g/mol. The van der Waals surface area contributed by atoms with Crippen LogP contribution < -0.4 is 5.32 Å². The van der Waals surface area contributed by atoms with Gasteiger partial charge in [0.25, 0.3) is 5.91 Å². The molecule has 6 nitrogen and oxygen atoms in total. The van der Waals surface area contributed by atoms with Gasteiger partial charge in [0.15, 0.2) is 0 Å². The van der Waals surface area contributed by atoms with Gasteiger partial charge in [0.2, 0.25) is 5.91 Å². The van der Waals surface area contributed by atoms with Crippen LogP contribution in [0.25, 0.3) is 10.6 Å². The number of hydrogen-bond donors (Lipinski definition) is 1. The molecule has 0 saturated carbocycles. The van der Waals surface area contributed by atoms with Gasteiger partial charge < -0.3 is 10.2 Å². The van der Waals surface area contributed by atoms with Crippen molar-refractivity contribution in [2.75, 3.05) is 39.3 Å². The quantitative estimate of drug-likeness (QED) is 0.872. The Hall–Kier alpha value is -2.25. The molecule has 1 aromatic carbocycles. The molecule has 0 atom stereocenters. The number of rotatable bonds is 5. The zero-order valence-corrected chi connectivity index (χ0v) is 16.0. The molecule has 2 aromatic rings. The Morgan fingerprint density at radius 2 is 1.85 bits per heavy atom. The van der Waals surface area contributed by atoms with Crippen molar-refractivity contribution in [1.29, 1.82) is 0 Å². The zero-order chi connectivity index (χ0) is 18.5. The summed E-state index contributed by atoms with van der Waals surface area (Å²) in [5.74, 6) is 0.00629. The maximum absolute atomic E-state index is 12.7. The molecule has 3 rings (SSSR count). The van der Waals surface area contributed by atoms with E-state index in [4.69, 9.17) is 0 Å². The third-order valence-electron chi connectivity index (χ3n) is 4.42. The van der Waals surface area contributed by atoms with Gasteiger partial charge in [-0.1, -0.05) is 29.8 Å². The Morgan fingerprint density at radius 1 is 1.15 bits per heavy atom. The molecule has 1 aliphatic heterocycles. The molecule has 138 valence electrons. The van der Waals surface area contributed by atoms with E-state index in [-0.39, 0.29) is 11.8 Å². The molecule has 1 fully saturated rings. The normalized spacial score (nSPS) is 15.1. The van der Waals surface area contributed by atoms with E-state index in [1.807, 2.05) is 48.4 Å². The minimum absolute atomic E-state index is 0.0303. The van der Waals surface area contributed by atoms with Crippen LogP contribution in [0.4, 0.5) is 0 Å². The van der Waals surface area contributed by atoms with Crippen molar-refractivity contribution in [1.82, 2.24) is 20.1 Å². The standard InChI is InChI=1S/C19H24N4O2S/c1-3-20-17(24)12-22-8-10-23(11-9-22)19(25)16-13-26-18(21-16)15-6-4-14(2)5-7-15/h4-7,13H,3,8-12H2,1-2H3,(H,20,24). The van der Waals surface area contributed by atoms with Crippen LogP contribution in [0.5, 0.6) is 0 Å². The zero-order valence-electron chi connectivity index (χ0n) is 15.2.